The third-order valence-corrected chi connectivity index (χ3v) is 2.68. The molecule has 0 saturated carbocycles. The molecular formula is C11H24BrN. The van der Waals surface area contributed by atoms with Gasteiger partial charge in [0.1, 0.15) is 0 Å². The van der Waals surface area contributed by atoms with Crippen molar-refractivity contribution in [1.82, 2.24) is 5.32 Å². The number of unbranched alkanes of at least 4 members (excludes halogenated alkanes) is 2. The monoisotopic (exact) mass is 249 g/mol. The molecule has 0 heterocycles. The van der Waals surface area contributed by atoms with Crippen LogP contribution in [-0.4, -0.2) is 18.4 Å². The second kappa shape index (κ2) is 10.5. The van der Waals surface area contributed by atoms with Crippen molar-refractivity contribution in [2.75, 3.05) is 18.4 Å². The Bertz CT molecular complexity index is 94.1. The average Bonchev–Trinajstić information content (AvgIpc) is 2.09. The quantitative estimate of drug-likeness (QED) is 0.487. The Morgan fingerprint density at radius 2 is 1.69 bits per heavy atom. The van der Waals surface area contributed by atoms with Gasteiger partial charge in [-0.3, -0.25) is 0 Å². The molecule has 0 unspecified atom stereocenters. The Labute approximate surface area is 91.8 Å². The van der Waals surface area contributed by atoms with E-state index in [-0.39, 0.29) is 0 Å². The molecule has 0 spiro atoms. The average molecular weight is 250 g/mol. The Morgan fingerprint density at radius 1 is 1.00 bits per heavy atom. The van der Waals surface area contributed by atoms with Crippen LogP contribution < -0.4 is 5.32 Å². The minimum Gasteiger partial charge on any atom is -0.317 e. The molecule has 0 atom stereocenters. The molecule has 0 amide bonds. The van der Waals surface area contributed by atoms with E-state index in [0.29, 0.717) is 0 Å². The summed E-state index contributed by atoms with van der Waals surface area (Å²) in [7, 11) is 0. The lowest BCUT2D eigenvalue weighted by Gasteiger charge is -2.05. The minimum atomic E-state index is 0.857. The summed E-state index contributed by atoms with van der Waals surface area (Å²) in [6.07, 6.45) is 6.67. The number of halogens is 1. The topological polar surface area (TPSA) is 12.0 Å². The van der Waals surface area contributed by atoms with E-state index < -0.39 is 0 Å². The van der Waals surface area contributed by atoms with Crippen LogP contribution in [0, 0.1) is 5.92 Å². The van der Waals surface area contributed by atoms with E-state index in [1.165, 1.54) is 45.2 Å². The molecular weight excluding hydrogens is 226 g/mol. The SMILES string of the molecule is CC(C)CCCNCCCCCBr. The molecule has 0 bridgehead atoms. The fraction of sp³-hybridized carbons (Fsp3) is 1.00. The van der Waals surface area contributed by atoms with Gasteiger partial charge in [-0.05, 0) is 44.7 Å². The third kappa shape index (κ3) is 12.4. The first-order valence-electron chi connectivity index (χ1n) is 5.54. The Hall–Kier alpha value is 0.440. The zero-order valence-electron chi connectivity index (χ0n) is 9.11. The van der Waals surface area contributed by atoms with Gasteiger partial charge in [0.05, 0.1) is 0 Å². The molecule has 0 fully saturated rings. The highest BCUT2D eigenvalue weighted by Gasteiger charge is 1.93. The zero-order valence-corrected chi connectivity index (χ0v) is 10.7. The first-order valence-corrected chi connectivity index (χ1v) is 6.66. The number of hydrogen-bond acceptors (Lipinski definition) is 1. The smallest absolute Gasteiger partial charge is 0.00313 e. The van der Waals surface area contributed by atoms with Gasteiger partial charge in [-0.25, -0.2) is 0 Å². The molecule has 0 aromatic heterocycles. The summed E-state index contributed by atoms with van der Waals surface area (Å²) in [5.41, 5.74) is 0. The van der Waals surface area contributed by atoms with Crippen LogP contribution in [0.5, 0.6) is 0 Å². The van der Waals surface area contributed by atoms with Gasteiger partial charge in [0.25, 0.3) is 0 Å². The zero-order chi connectivity index (χ0) is 9.94. The maximum absolute atomic E-state index is 3.48. The van der Waals surface area contributed by atoms with Gasteiger partial charge in [-0.15, -0.1) is 0 Å². The molecule has 0 saturated heterocycles. The Morgan fingerprint density at radius 3 is 2.31 bits per heavy atom. The van der Waals surface area contributed by atoms with E-state index in [2.05, 4.69) is 35.1 Å². The van der Waals surface area contributed by atoms with E-state index in [1.807, 2.05) is 0 Å². The van der Waals surface area contributed by atoms with Gasteiger partial charge in [0.15, 0.2) is 0 Å². The number of rotatable bonds is 9. The first-order chi connectivity index (χ1) is 6.27. The first kappa shape index (κ1) is 13.4. The molecule has 1 nitrogen and oxygen atoms in total. The highest BCUT2D eigenvalue weighted by atomic mass is 79.9. The highest BCUT2D eigenvalue weighted by Crippen LogP contribution is 2.02. The summed E-state index contributed by atoms with van der Waals surface area (Å²) in [5.74, 6) is 0.857. The second-order valence-corrected chi connectivity index (χ2v) is 4.83. The van der Waals surface area contributed by atoms with Gasteiger partial charge >= 0.3 is 0 Å². The summed E-state index contributed by atoms with van der Waals surface area (Å²) in [6, 6.07) is 0. The standard InChI is InChI=1S/C11H24BrN/c1-11(2)7-6-10-13-9-5-3-4-8-12/h11,13H,3-10H2,1-2H3. The normalized spacial score (nSPS) is 11.1. The van der Waals surface area contributed by atoms with Crippen molar-refractivity contribution < 1.29 is 0 Å². The van der Waals surface area contributed by atoms with Crippen molar-refractivity contribution in [3.05, 3.63) is 0 Å². The van der Waals surface area contributed by atoms with E-state index >= 15 is 0 Å². The van der Waals surface area contributed by atoms with E-state index in [1.54, 1.807) is 0 Å². The largest absolute Gasteiger partial charge is 0.317 e. The number of hydrogen-bond donors (Lipinski definition) is 1. The van der Waals surface area contributed by atoms with Crippen LogP contribution in [-0.2, 0) is 0 Å². The number of alkyl halides is 1. The van der Waals surface area contributed by atoms with Gasteiger partial charge in [0.2, 0.25) is 0 Å². The third-order valence-electron chi connectivity index (χ3n) is 2.12. The van der Waals surface area contributed by atoms with Crippen LogP contribution in [0.15, 0.2) is 0 Å². The maximum atomic E-state index is 3.48. The summed E-state index contributed by atoms with van der Waals surface area (Å²) in [4.78, 5) is 0. The summed E-state index contributed by atoms with van der Waals surface area (Å²) < 4.78 is 0. The predicted octanol–water partition coefficient (Wildman–Crippen LogP) is 3.58. The molecule has 2 heteroatoms. The summed E-state index contributed by atoms with van der Waals surface area (Å²) in [5, 5.41) is 4.64. The maximum Gasteiger partial charge on any atom is 0.00313 e. The van der Waals surface area contributed by atoms with Crippen LogP contribution >= 0.6 is 15.9 Å². The molecule has 0 radical (unpaired) electrons. The van der Waals surface area contributed by atoms with Crippen molar-refractivity contribution in [3.8, 4) is 0 Å². The Balaban J connectivity index is 2.84. The lowest BCUT2D eigenvalue weighted by molar-refractivity contribution is 0.520. The van der Waals surface area contributed by atoms with Crippen LogP contribution in [0.1, 0.15) is 46.0 Å². The molecule has 13 heavy (non-hydrogen) atoms. The molecule has 80 valence electrons. The van der Waals surface area contributed by atoms with Crippen LogP contribution in [0.2, 0.25) is 0 Å². The molecule has 0 aromatic carbocycles. The molecule has 0 aliphatic carbocycles. The van der Waals surface area contributed by atoms with Crippen molar-refractivity contribution in [2.45, 2.75) is 46.0 Å². The minimum absolute atomic E-state index is 0.857. The van der Waals surface area contributed by atoms with Gasteiger partial charge in [-0.2, -0.15) is 0 Å². The molecule has 0 aromatic rings. The fourth-order valence-electron chi connectivity index (χ4n) is 1.28. The molecule has 1 N–H and O–H groups in total. The lowest BCUT2D eigenvalue weighted by atomic mass is 10.1. The summed E-state index contributed by atoms with van der Waals surface area (Å²) in [6.45, 7) is 6.98. The van der Waals surface area contributed by atoms with Crippen LogP contribution in [0.4, 0.5) is 0 Å². The highest BCUT2D eigenvalue weighted by molar-refractivity contribution is 9.09. The molecule has 0 aliphatic rings. The summed E-state index contributed by atoms with van der Waals surface area (Å²) >= 11 is 3.44. The van der Waals surface area contributed by atoms with Crippen LogP contribution in [0.3, 0.4) is 0 Å². The van der Waals surface area contributed by atoms with E-state index in [9.17, 15) is 0 Å². The van der Waals surface area contributed by atoms with E-state index in [4.69, 9.17) is 0 Å². The molecule has 0 aliphatic heterocycles. The van der Waals surface area contributed by atoms with E-state index in [0.717, 1.165) is 11.2 Å². The molecule has 0 rings (SSSR count). The predicted molar refractivity (Wildman–Crippen MR) is 64.6 cm³/mol. The van der Waals surface area contributed by atoms with Crippen LogP contribution in [0.25, 0.3) is 0 Å². The Kier molecular flexibility index (Phi) is 10.9. The van der Waals surface area contributed by atoms with Crippen molar-refractivity contribution in [2.24, 2.45) is 5.92 Å². The van der Waals surface area contributed by atoms with Gasteiger partial charge < -0.3 is 5.32 Å². The lowest BCUT2D eigenvalue weighted by Crippen LogP contribution is -2.17. The van der Waals surface area contributed by atoms with Crippen molar-refractivity contribution in [1.29, 1.82) is 0 Å². The van der Waals surface area contributed by atoms with Gasteiger partial charge in [0, 0.05) is 5.33 Å². The fourth-order valence-corrected chi connectivity index (χ4v) is 1.68. The van der Waals surface area contributed by atoms with Crippen molar-refractivity contribution in [3.63, 3.8) is 0 Å². The second-order valence-electron chi connectivity index (χ2n) is 4.04. The van der Waals surface area contributed by atoms with Crippen molar-refractivity contribution >= 4 is 15.9 Å². The number of nitrogens with one attached hydrogen (secondary N) is 1. The van der Waals surface area contributed by atoms with Gasteiger partial charge in [-0.1, -0.05) is 36.2 Å².